The first-order valence-electron chi connectivity index (χ1n) is 10.2. The van der Waals surface area contributed by atoms with E-state index in [4.69, 9.17) is 4.42 Å². The minimum atomic E-state index is -0.239. The van der Waals surface area contributed by atoms with Gasteiger partial charge >= 0.3 is 0 Å². The van der Waals surface area contributed by atoms with E-state index < -0.39 is 0 Å². The fourth-order valence-electron chi connectivity index (χ4n) is 3.31. The van der Waals surface area contributed by atoms with Crippen LogP contribution in [0.5, 0.6) is 0 Å². The van der Waals surface area contributed by atoms with E-state index >= 15 is 0 Å². The topological polar surface area (TPSA) is 61.6 Å². The molecule has 0 spiro atoms. The first-order chi connectivity index (χ1) is 13.4. The second-order valence-electron chi connectivity index (χ2n) is 8.18. The van der Waals surface area contributed by atoms with E-state index in [-0.39, 0.29) is 5.91 Å². The van der Waals surface area contributed by atoms with Crippen LogP contribution in [0, 0.1) is 19.8 Å². The molecule has 0 radical (unpaired) electrons. The van der Waals surface area contributed by atoms with Crippen LogP contribution in [0.15, 0.2) is 28.9 Å². The number of nitrogens with one attached hydrogen (secondary N) is 1. The van der Waals surface area contributed by atoms with Gasteiger partial charge in [0.15, 0.2) is 5.69 Å². The second-order valence-corrected chi connectivity index (χ2v) is 8.18. The lowest BCUT2D eigenvalue weighted by molar-refractivity contribution is 0.102. The molecule has 1 saturated heterocycles. The molecule has 0 unspecified atom stereocenters. The van der Waals surface area contributed by atoms with Crippen LogP contribution in [0.4, 0.5) is 5.69 Å². The van der Waals surface area contributed by atoms with Gasteiger partial charge in [0.1, 0.15) is 6.26 Å². The molecular formula is C22H32N4O2. The highest BCUT2D eigenvalue weighted by atomic mass is 16.3. The molecule has 1 amide bonds. The number of oxazole rings is 1. The summed E-state index contributed by atoms with van der Waals surface area (Å²) in [6.07, 6.45) is 2.70. The Morgan fingerprint density at radius 2 is 1.86 bits per heavy atom. The third-order valence-corrected chi connectivity index (χ3v) is 5.40. The minimum absolute atomic E-state index is 0.239. The highest BCUT2D eigenvalue weighted by molar-refractivity contribution is 6.02. The quantitative estimate of drug-likeness (QED) is 0.789. The lowest BCUT2D eigenvalue weighted by Gasteiger charge is -2.34. The summed E-state index contributed by atoms with van der Waals surface area (Å²) in [6, 6.07) is 5.87. The summed E-state index contributed by atoms with van der Waals surface area (Å²) in [7, 11) is 0. The Labute approximate surface area is 167 Å². The molecule has 6 heteroatoms. The third kappa shape index (κ3) is 5.66. The van der Waals surface area contributed by atoms with Gasteiger partial charge in [0.05, 0.1) is 6.54 Å². The van der Waals surface area contributed by atoms with Gasteiger partial charge in [0, 0.05) is 31.9 Å². The Morgan fingerprint density at radius 3 is 2.54 bits per heavy atom. The van der Waals surface area contributed by atoms with Gasteiger partial charge in [-0.05, 0) is 56.0 Å². The van der Waals surface area contributed by atoms with Crippen molar-refractivity contribution in [3.05, 3.63) is 47.2 Å². The first kappa shape index (κ1) is 20.6. The molecule has 1 N–H and O–H groups in total. The predicted molar refractivity (Wildman–Crippen MR) is 112 cm³/mol. The van der Waals surface area contributed by atoms with Crippen LogP contribution in [0.2, 0.25) is 0 Å². The minimum Gasteiger partial charge on any atom is -0.447 e. The Kier molecular flexibility index (Phi) is 6.86. The molecule has 1 aliphatic heterocycles. The van der Waals surface area contributed by atoms with Gasteiger partial charge in [-0.15, -0.1) is 0 Å². The smallest absolute Gasteiger partial charge is 0.277 e. The van der Waals surface area contributed by atoms with Crippen LogP contribution in [0.25, 0.3) is 0 Å². The number of aryl methyl sites for hydroxylation is 2. The van der Waals surface area contributed by atoms with E-state index in [0.29, 0.717) is 18.1 Å². The maximum atomic E-state index is 12.4. The van der Waals surface area contributed by atoms with Gasteiger partial charge in [-0.2, -0.15) is 0 Å². The largest absolute Gasteiger partial charge is 0.447 e. The maximum absolute atomic E-state index is 12.4. The highest BCUT2D eigenvalue weighted by Crippen LogP contribution is 2.16. The van der Waals surface area contributed by atoms with Crippen molar-refractivity contribution >= 4 is 11.6 Å². The van der Waals surface area contributed by atoms with Crippen LogP contribution >= 0.6 is 0 Å². The molecule has 0 bridgehead atoms. The zero-order valence-corrected chi connectivity index (χ0v) is 17.5. The average Bonchev–Trinajstić information content (AvgIpc) is 3.13. The van der Waals surface area contributed by atoms with Crippen molar-refractivity contribution in [2.45, 2.75) is 40.7 Å². The summed E-state index contributed by atoms with van der Waals surface area (Å²) in [5, 5.41) is 2.89. The standard InChI is InChI=1S/C22H32N4O2/c1-16(2)7-8-25-9-11-26(12-10-25)14-21-24-20(15-28-21)22(27)23-19-6-5-17(3)18(4)13-19/h5-6,13,15-16H,7-12,14H2,1-4H3,(H,23,27). The van der Waals surface area contributed by atoms with Crippen molar-refractivity contribution in [3.63, 3.8) is 0 Å². The number of aromatic nitrogens is 1. The van der Waals surface area contributed by atoms with E-state index in [1.165, 1.54) is 24.8 Å². The number of hydrogen-bond donors (Lipinski definition) is 1. The van der Waals surface area contributed by atoms with Crippen molar-refractivity contribution in [3.8, 4) is 0 Å². The number of carbonyl (C=O) groups is 1. The Morgan fingerprint density at radius 1 is 1.14 bits per heavy atom. The SMILES string of the molecule is Cc1ccc(NC(=O)c2coc(CN3CCN(CCC(C)C)CC3)n2)cc1C. The summed E-state index contributed by atoms with van der Waals surface area (Å²) in [6.45, 7) is 14.6. The van der Waals surface area contributed by atoms with Crippen LogP contribution in [0.1, 0.15) is 47.8 Å². The zero-order chi connectivity index (χ0) is 20.1. The third-order valence-electron chi connectivity index (χ3n) is 5.40. The van der Waals surface area contributed by atoms with Gasteiger partial charge in [-0.1, -0.05) is 19.9 Å². The van der Waals surface area contributed by atoms with E-state index in [1.54, 1.807) is 0 Å². The second kappa shape index (κ2) is 9.34. The first-order valence-corrected chi connectivity index (χ1v) is 10.2. The number of nitrogens with zero attached hydrogens (tertiary/aromatic N) is 3. The molecule has 28 heavy (non-hydrogen) atoms. The van der Waals surface area contributed by atoms with Gasteiger partial charge in [-0.3, -0.25) is 9.69 Å². The van der Waals surface area contributed by atoms with E-state index in [2.05, 4.69) is 40.9 Å². The molecule has 2 heterocycles. The van der Waals surface area contributed by atoms with Crippen molar-refractivity contribution < 1.29 is 9.21 Å². The molecule has 1 aliphatic rings. The molecule has 0 saturated carbocycles. The van der Waals surface area contributed by atoms with Crippen molar-refractivity contribution in [1.82, 2.24) is 14.8 Å². The Hall–Kier alpha value is -2.18. The van der Waals surface area contributed by atoms with Crippen LogP contribution in [-0.4, -0.2) is 53.4 Å². The van der Waals surface area contributed by atoms with Crippen molar-refractivity contribution in [2.75, 3.05) is 38.0 Å². The van der Waals surface area contributed by atoms with E-state index in [1.807, 2.05) is 25.1 Å². The maximum Gasteiger partial charge on any atom is 0.277 e. The highest BCUT2D eigenvalue weighted by Gasteiger charge is 2.20. The molecule has 1 aromatic carbocycles. The van der Waals surface area contributed by atoms with Crippen LogP contribution in [0.3, 0.4) is 0 Å². The lowest BCUT2D eigenvalue weighted by atomic mass is 10.1. The summed E-state index contributed by atoms with van der Waals surface area (Å²) in [5.74, 6) is 1.11. The van der Waals surface area contributed by atoms with Gasteiger partial charge < -0.3 is 14.6 Å². The number of anilines is 1. The fraction of sp³-hybridized carbons (Fsp3) is 0.545. The number of carbonyl (C=O) groups excluding carboxylic acids is 1. The van der Waals surface area contributed by atoms with Crippen molar-refractivity contribution in [1.29, 1.82) is 0 Å². The van der Waals surface area contributed by atoms with Crippen molar-refractivity contribution in [2.24, 2.45) is 5.92 Å². The molecule has 152 valence electrons. The molecule has 2 aromatic rings. The summed E-state index contributed by atoms with van der Waals surface area (Å²) >= 11 is 0. The Bertz CT molecular complexity index is 792. The van der Waals surface area contributed by atoms with Gasteiger partial charge in [0.25, 0.3) is 5.91 Å². The summed E-state index contributed by atoms with van der Waals surface area (Å²) in [4.78, 5) is 21.7. The Balaban J connectivity index is 1.49. The average molecular weight is 385 g/mol. The number of amides is 1. The molecule has 6 nitrogen and oxygen atoms in total. The molecule has 0 aliphatic carbocycles. The summed E-state index contributed by atoms with van der Waals surface area (Å²) < 4.78 is 5.55. The van der Waals surface area contributed by atoms with Gasteiger partial charge in [-0.25, -0.2) is 4.98 Å². The number of rotatable bonds is 7. The summed E-state index contributed by atoms with van der Waals surface area (Å²) in [5.41, 5.74) is 3.44. The molecule has 1 aromatic heterocycles. The fourth-order valence-corrected chi connectivity index (χ4v) is 3.31. The van der Waals surface area contributed by atoms with Crippen LogP contribution < -0.4 is 5.32 Å². The normalized spacial score (nSPS) is 15.9. The number of hydrogen-bond acceptors (Lipinski definition) is 5. The molecule has 0 atom stereocenters. The molecular weight excluding hydrogens is 352 g/mol. The zero-order valence-electron chi connectivity index (χ0n) is 17.5. The predicted octanol–water partition coefficient (Wildman–Crippen LogP) is 3.71. The van der Waals surface area contributed by atoms with Gasteiger partial charge in [0.2, 0.25) is 5.89 Å². The number of benzene rings is 1. The number of piperazine rings is 1. The van der Waals surface area contributed by atoms with E-state index in [9.17, 15) is 4.79 Å². The monoisotopic (exact) mass is 384 g/mol. The lowest BCUT2D eigenvalue weighted by Crippen LogP contribution is -2.46. The van der Waals surface area contributed by atoms with Crippen LogP contribution in [-0.2, 0) is 6.54 Å². The molecule has 1 fully saturated rings. The molecule has 3 rings (SSSR count). The van der Waals surface area contributed by atoms with E-state index in [0.717, 1.165) is 43.3 Å².